The topological polar surface area (TPSA) is 57.3 Å². The Balaban J connectivity index is 0.00000225. The number of rotatable bonds is 6. The van der Waals surface area contributed by atoms with Gasteiger partial charge in [-0.15, -0.1) is 23.7 Å². The lowest BCUT2D eigenvalue weighted by Gasteiger charge is -2.26. The Bertz CT molecular complexity index is 685. The molecule has 1 fully saturated rings. The predicted molar refractivity (Wildman–Crippen MR) is 106 cm³/mol. The van der Waals surface area contributed by atoms with E-state index in [-0.39, 0.29) is 18.3 Å². The highest BCUT2D eigenvalue weighted by atomic mass is 35.5. The van der Waals surface area contributed by atoms with E-state index >= 15 is 0 Å². The van der Waals surface area contributed by atoms with Gasteiger partial charge >= 0.3 is 0 Å². The number of thiazole rings is 1. The van der Waals surface area contributed by atoms with E-state index in [9.17, 15) is 4.79 Å². The zero-order valence-corrected chi connectivity index (χ0v) is 16.1. The van der Waals surface area contributed by atoms with Crippen LogP contribution in [0, 0.1) is 6.92 Å². The van der Waals surface area contributed by atoms with E-state index < -0.39 is 0 Å². The van der Waals surface area contributed by atoms with E-state index in [0.29, 0.717) is 12.2 Å². The summed E-state index contributed by atoms with van der Waals surface area (Å²) in [6, 6.07) is 8.12. The molecule has 0 bridgehead atoms. The first kappa shape index (κ1) is 19.8. The van der Waals surface area contributed by atoms with Gasteiger partial charge in [0.05, 0.1) is 0 Å². The van der Waals surface area contributed by atoms with Gasteiger partial charge < -0.3 is 15.5 Å². The molecule has 5 nitrogen and oxygen atoms in total. The molecular formula is C18H25ClN4OS. The zero-order valence-electron chi connectivity index (χ0n) is 14.5. The molecule has 1 aliphatic heterocycles. The molecule has 0 aliphatic carbocycles. The first-order chi connectivity index (χ1) is 11.7. The average Bonchev–Trinajstić information content (AvgIpc) is 3.10. The Hall–Kier alpha value is -1.47. The lowest BCUT2D eigenvalue weighted by Crippen LogP contribution is -2.44. The maximum atomic E-state index is 12.2. The minimum Gasteiger partial charge on any atom is -0.351 e. The molecule has 1 saturated heterocycles. The summed E-state index contributed by atoms with van der Waals surface area (Å²) < 4.78 is 0. The summed E-state index contributed by atoms with van der Waals surface area (Å²) in [4.78, 5) is 19.2. The number of hydrogen-bond donors (Lipinski definition) is 2. The van der Waals surface area contributed by atoms with Gasteiger partial charge in [0.25, 0.3) is 5.91 Å². The van der Waals surface area contributed by atoms with Crippen LogP contribution in [0.25, 0.3) is 10.6 Å². The summed E-state index contributed by atoms with van der Waals surface area (Å²) >= 11 is 1.52. The number of carbonyl (C=O) groups is 1. The van der Waals surface area contributed by atoms with Crippen LogP contribution < -0.4 is 10.6 Å². The van der Waals surface area contributed by atoms with Crippen molar-refractivity contribution < 1.29 is 4.79 Å². The lowest BCUT2D eigenvalue weighted by atomic mass is 10.1. The van der Waals surface area contributed by atoms with Gasteiger partial charge in [-0.1, -0.05) is 24.3 Å². The number of carbonyl (C=O) groups excluding carboxylic acids is 1. The van der Waals surface area contributed by atoms with Crippen molar-refractivity contribution in [1.29, 1.82) is 0 Å². The van der Waals surface area contributed by atoms with Gasteiger partial charge in [-0.05, 0) is 25.5 Å². The summed E-state index contributed by atoms with van der Waals surface area (Å²) in [6.45, 7) is 8.11. The molecule has 0 radical (unpaired) electrons. The molecule has 0 saturated carbocycles. The molecule has 25 heavy (non-hydrogen) atoms. The van der Waals surface area contributed by atoms with E-state index in [2.05, 4.69) is 33.5 Å². The minimum atomic E-state index is -0.0774. The fourth-order valence-corrected chi connectivity index (χ4v) is 3.73. The number of nitrogens with one attached hydrogen (secondary N) is 2. The average molecular weight is 381 g/mol. The van der Waals surface area contributed by atoms with Crippen molar-refractivity contribution in [3.63, 3.8) is 0 Å². The molecule has 1 amide bonds. The largest absolute Gasteiger partial charge is 0.351 e. The van der Waals surface area contributed by atoms with Crippen molar-refractivity contribution in [1.82, 2.24) is 20.5 Å². The van der Waals surface area contributed by atoms with Crippen LogP contribution in [0.1, 0.15) is 22.5 Å². The molecule has 0 spiro atoms. The summed E-state index contributed by atoms with van der Waals surface area (Å²) in [5, 5.41) is 9.07. The van der Waals surface area contributed by atoms with Gasteiger partial charge in [0.2, 0.25) is 0 Å². The zero-order chi connectivity index (χ0) is 16.8. The van der Waals surface area contributed by atoms with Gasteiger partial charge in [-0.25, -0.2) is 4.98 Å². The second kappa shape index (κ2) is 9.87. The van der Waals surface area contributed by atoms with Crippen LogP contribution in [0.3, 0.4) is 0 Å². The van der Waals surface area contributed by atoms with Crippen molar-refractivity contribution in [3.05, 3.63) is 40.9 Å². The SMILES string of the molecule is Cc1ccccc1-c1nc(C(=O)NCCCN2CCNCC2)cs1.Cl. The van der Waals surface area contributed by atoms with Crippen molar-refractivity contribution in [2.45, 2.75) is 13.3 Å². The fraction of sp³-hybridized carbons (Fsp3) is 0.444. The van der Waals surface area contributed by atoms with Gasteiger partial charge in [0.1, 0.15) is 10.7 Å². The molecule has 2 N–H and O–H groups in total. The normalized spacial score (nSPS) is 14.8. The molecule has 3 rings (SSSR count). The monoisotopic (exact) mass is 380 g/mol. The number of halogens is 1. The molecular weight excluding hydrogens is 356 g/mol. The second-order valence-electron chi connectivity index (χ2n) is 6.05. The number of amides is 1. The Kier molecular flexibility index (Phi) is 7.84. The van der Waals surface area contributed by atoms with Crippen LogP contribution in [-0.2, 0) is 0 Å². The third-order valence-corrected chi connectivity index (χ3v) is 5.13. The Morgan fingerprint density at radius 2 is 2.08 bits per heavy atom. The van der Waals surface area contributed by atoms with Crippen LogP contribution >= 0.6 is 23.7 Å². The highest BCUT2D eigenvalue weighted by molar-refractivity contribution is 7.13. The first-order valence-electron chi connectivity index (χ1n) is 8.47. The number of aromatic nitrogens is 1. The number of hydrogen-bond acceptors (Lipinski definition) is 5. The quantitative estimate of drug-likeness (QED) is 0.756. The predicted octanol–water partition coefficient (Wildman–Crippen LogP) is 2.57. The summed E-state index contributed by atoms with van der Waals surface area (Å²) in [6.07, 6.45) is 0.973. The standard InChI is InChI=1S/C18H24N4OS.ClH/c1-14-5-2-3-6-15(14)18-21-16(13-24-18)17(23)20-7-4-10-22-11-8-19-9-12-22;/h2-3,5-6,13,19H,4,7-12H2,1H3,(H,20,23);1H. The first-order valence-corrected chi connectivity index (χ1v) is 9.35. The summed E-state index contributed by atoms with van der Waals surface area (Å²) in [5.41, 5.74) is 2.79. The number of nitrogens with zero attached hydrogens (tertiary/aromatic N) is 2. The summed E-state index contributed by atoms with van der Waals surface area (Å²) in [7, 11) is 0. The van der Waals surface area contributed by atoms with Crippen LogP contribution in [0.15, 0.2) is 29.6 Å². The Morgan fingerprint density at radius 3 is 2.84 bits per heavy atom. The third-order valence-electron chi connectivity index (χ3n) is 4.26. The van der Waals surface area contributed by atoms with E-state index in [0.717, 1.165) is 49.7 Å². The van der Waals surface area contributed by atoms with Gasteiger partial charge in [-0.3, -0.25) is 4.79 Å². The van der Waals surface area contributed by atoms with Crippen LogP contribution in [0.5, 0.6) is 0 Å². The molecule has 1 aromatic heterocycles. The maximum Gasteiger partial charge on any atom is 0.270 e. The van der Waals surface area contributed by atoms with E-state index in [1.165, 1.54) is 16.9 Å². The smallest absolute Gasteiger partial charge is 0.270 e. The van der Waals surface area contributed by atoms with Crippen molar-refractivity contribution in [3.8, 4) is 10.6 Å². The second-order valence-corrected chi connectivity index (χ2v) is 6.91. The van der Waals surface area contributed by atoms with E-state index in [1.807, 2.05) is 23.6 Å². The maximum absolute atomic E-state index is 12.2. The Morgan fingerprint density at radius 1 is 1.32 bits per heavy atom. The highest BCUT2D eigenvalue weighted by Gasteiger charge is 2.13. The van der Waals surface area contributed by atoms with E-state index in [1.54, 1.807) is 0 Å². The molecule has 2 heterocycles. The highest BCUT2D eigenvalue weighted by Crippen LogP contribution is 2.26. The minimum absolute atomic E-state index is 0. The van der Waals surface area contributed by atoms with Crippen LogP contribution in [-0.4, -0.2) is 55.1 Å². The molecule has 1 aliphatic rings. The molecule has 1 aromatic carbocycles. The summed E-state index contributed by atoms with van der Waals surface area (Å²) in [5.74, 6) is -0.0774. The Labute approximate surface area is 159 Å². The van der Waals surface area contributed by atoms with Gasteiger partial charge in [-0.2, -0.15) is 0 Å². The lowest BCUT2D eigenvalue weighted by molar-refractivity contribution is 0.0947. The van der Waals surface area contributed by atoms with E-state index in [4.69, 9.17) is 0 Å². The fourth-order valence-electron chi connectivity index (χ4n) is 2.84. The van der Waals surface area contributed by atoms with Gasteiger partial charge in [0, 0.05) is 43.7 Å². The van der Waals surface area contributed by atoms with Crippen LogP contribution in [0.2, 0.25) is 0 Å². The molecule has 0 atom stereocenters. The number of piperazine rings is 1. The van der Waals surface area contributed by atoms with Crippen molar-refractivity contribution in [2.75, 3.05) is 39.3 Å². The molecule has 0 unspecified atom stereocenters. The molecule has 2 aromatic rings. The number of aryl methyl sites for hydroxylation is 1. The van der Waals surface area contributed by atoms with Crippen LogP contribution in [0.4, 0.5) is 0 Å². The number of benzene rings is 1. The molecule has 136 valence electrons. The van der Waals surface area contributed by atoms with Crippen molar-refractivity contribution >= 4 is 29.7 Å². The van der Waals surface area contributed by atoms with Crippen molar-refractivity contribution in [2.24, 2.45) is 0 Å². The van der Waals surface area contributed by atoms with Gasteiger partial charge in [0.15, 0.2) is 0 Å². The third kappa shape index (κ3) is 5.51. The molecule has 7 heteroatoms.